The lowest BCUT2D eigenvalue weighted by atomic mass is 9.38. The maximum Gasteiger partial charge on any atom is 0.256 e. The number of allylic oxidation sites excluding steroid dienone is 2. The van der Waals surface area contributed by atoms with E-state index in [1.165, 1.54) is 76.3 Å². The SMILES string of the molecule is Cc1cccc(C)c1-c1cnn(-c2cccc(-c3ccc(B4C(c5ccccc5)=C(c5ccccc5)C(c5ccccc5)=C4c4ccccc4)s3)c2)c1. The van der Waals surface area contributed by atoms with Gasteiger partial charge in [-0.3, -0.25) is 0 Å². The smallest absolute Gasteiger partial charge is 0.240 e. The topological polar surface area (TPSA) is 17.8 Å². The van der Waals surface area contributed by atoms with Gasteiger partial charge in [0.25, 0.3) is 6.71 Å². The van der Waals surface area contributed by atoms with E-state index < -0.39 is 0 Å². The minimum absolute atomic E-state index is 0.0261. The summed E-state index contributed by atoms with van der Waals surface area (Å²) in [4.78, 5) is 1.23. The van der Waals surface area contributed by atoms with Gasteiger partial charge in [-0.1, -0.05) is 169 Å². The van der Waals surface area contributed by atoms with E-state index in [-0.39, 0.29) is 6.71 Å². The van der Waals surface area contributed by atoms with Crippen LogP contribution in [0, 0.1) is 13.8 Å². The Labute approximate surface area is 316 Å². The third-order valence-corrected chi connectivity index (χ3v) is 11.5. The number of benzene rings is 6. The Bertz CT molecular complexity index is 2500. The summed E-state index contributed by atoms with van der Waals surface area (Å²) in [6.07, 6.45) is 4.13. The van der Waals surface area contributed by atoms with Crippen molar-refractivity contribution in [3.63, 3.8) is 0 Å². The third kappa shape index (κ3) is 6.11. The molecule has 4 heteroatoms. The van der Waals surface area contributed by atoms with Crippen LogP contribution in [0.1, 0.15) is 33.4 Å². The van der Waals surface area contributed by atoms with Crippen LogP contribution in [0.4, 0.5) is 0 Å². The van der Waals surface area contributed by atoms with Gasteiger partial charge in [-0.25, -0.2) is 4.68 Å². The van der Waals surface area contributed by atoms with Crippen molar-refractivity contribution in [3.05, 3.63) is 222 Å². The summed E-state index contributed by atoms with van der Waals surface area (Å²) in [5, 5.41) is 4.82. The molecule has 0 spiro atoms. The monoisotopic (exact) mass is 696 g/mol. The van der Waals surface area contributed by atoms with Gasteiger partial charge in [0, 0.05) is 16.6 Å². The molecular weight excluding hydrogens is 659 g/mol. The summed E-state index contributed by atoms with van der Waals surface area (Å²) < 4.78 is 3.32. The van der Waals surface area contributed by atoms with Crippen LogP contribution in [0.25, 0.3) is 49.3 Å². The molecule has 2 nitrogen and oxygen atoms in total. The summed E-state index contributed by atoms with van der Waals surface area (Å²) in [6, 6.07) is 63.7. The molecule has 1 aliphatic rings. The van der Waals surface area contributed by atoms with Gasteiger partial charge in [-0.15, -0.1) is 11.3 Å². The average molecular weight is 697 g/mol. The zero-order valence-electron chi connectivity index (χ0n) is 29.8. The molecule has 0 saturated heterocycles. The van der Waals surface area contributed by atoms with Crippen molar-refractivity contribution >= 4 is 44.9 Å². The van der Waals surface area contributed by atoms with Crippen molar-refractivity contribution in [2.75, 3.05) is 0 Å². The molecule has 0 unspecified atom stereocenters. The Morgan fingerprint density at radius 2 is 0.962 bits per heavy atom. The van der Waals surface area contributed by atoms with Gasteiger partial charge < -0.3 is 0 Å². The second kappa shape index (κ2) is 14.1. The Balaban J connectivity index is 1.21. The Morgan fingerprint density at radius 3 is 1.51 bits per heavy atom. The van der Waals surface area contributed by atoms with Crippen LogP contribution in [-0.2, 0) is 0 Å². The maximum absolute atomic E-state index is 4.82. The molecule has 9 rings (SSSR count). The fraction of sp³-hybridized carbons (Fsp3) is 0.0408. The molecule has 0 atom stereocenters. The number of aryl methyl sites for hydroxylation is 2. The van der Waals surface area contributed by atoms with Crippen molar-refractivity contribution in [2.45, 2.75) is 13.8 Å². The number of thiophene rings is 1. The lowest BCUT2D eigenvalue weighted by Crippen LogP contribution is -2.30. The predicted molar refractivity (Wildman–Crippen MR) is 227 cm³/mol. The van der Waals surface area contributed by atoms with Crippen LogP contribution in [0.15, 0.2) is 188 Å². The molecule has 0 saturated carbocycles. The van der Waals surface area contributed by atoms with Gasteiger partial charge in [0.15, 0.2) is 0 Å². The van der Waals surface area contributed by atoms with Crippen LogP contribution < -0.4 is 4.78 Å². The van der Waals surface area contributed by atoms with E-state index >= 15 is 0 Å². The first kappa shape index (κ1) is 32.7. The molecule has 0 amide bonds. The molecule has 6 aromatic carbocycles. The molecule has 53 heavy (non-hydrogen) atoms. The van der Waals surface area contributed by atoms with E-state index in [4.69, 9.17) is 5.10 Å². The van der Waals surface area contributed by atoms with Crippen molar-refractivity contribution in [1.82, 2.24) is 9.78 Å². The molecule has 0 aliphatic carbocycles. The summed E-state index contributed by atoms with van der Waals surface area (Å²) in [6.45, 7) is 4.36. The van der Waals surface area contributed by atoms with Gasteiger partial charge >= 0.3 is 0 Å². The average Bonchev–Trinajstić information content (AvgIpc) is 3.98. The molecule has 252 valence electrons. The number of nitrogens with zero attached hydrogens (tertiary/aromatic N) is 2. The number of hydrogen-bond donors (Lipinski definition) is 0. The van der Waals surface area contributed by atoms with Crippen LogP contribution in [0.3, 0.4) is 0 Å². The fourth-order valence-corrected chi connectivity index (χ4v) is 9.11. The molecule has 0 bridgehead atoms. The summed E-state index contributed by atoms with van der Waals surface area (Å²) in [5.74, 6) is 0. The van der Waals surface area contributed by atoms with Crippen molar-refractivity contribution in [3.8, 4) is 27.3 Å². The van der Waals surface area contributed by atoms with Crippen LogP contribution >= 0.6 is 11.3 Å². The highest BCUT2D eigenvalue weighted by Gasteiger charge is 2.41. The molecule has 1 aliphatic heterocycles. The van der Waals surface area contributed by atoms with E-state index in [9.17, 15) is 0 Å². The Kier molecular flexibility index (Phi) is 8.67. The largest absolute Gasteiger partial charge is 0.256 e. The van der Waals surface area contributed by atoms with Gasteiger partial charge in [-0.05, 0) is 92.5 Å². The van der Waals surface area contributed by atoms with E-state index in [0.717, 1.165) is 11.3 Å². The Hall–Kier alpha value is -6.23. The van der Waals surface area contributed by atoms with Gasteiger partial charge in [0.05, 0.1) is 11.9 Å². The third-order valence-electron chi connectivity index (χ3n) is 10.3. The van der Waals surface area contributed by atoms with Crippen LogP contribution in [-0.4, -0.2) is 16.5 Å². The van der Waals surface area contributed by atoms with E-state index in [1.54, 1.807) is 0 Å². The first-order chi connectivity index (χ1) is 26.1. The minimum atomic E-state index is 0.0261. The van der Waals surface area contributed by atoms with Gasteiger partial charge in [-0.2, -0.15) is 5.10 Å². The lowest BCUT2D eigenvalue weighted by Gasteiger charge is -2.17. The van der Waals surface area contributed by atoms with Crippen LogP contribution in [0.2, 0.25) is 0 Å². The molecule has 0 radical (unpaired) electrons. The van der Waals surface area contributed by atoms with Crippen molar-refractivity contribution < 1.29 is 0 Å². The normalized spacial score (nSPS) is 12.9. The maximum atomic E-state index is 4.82. The first-order valence-electron chi connectivity index (χ1n) is 18.2. The number of rotatable bonds is 8. The van der Waals surface area contributed by atoms with E-state index in [0.29, 0.717) is 0 Å². The summed E-state index contributed by atoms with van der Waals surface area (Å²) in [7, 11) is 0. The minimum Gasteiger partial charge on any atom is -0.240 e. The molecule has 8 aromatic rings. The van der Waals surface area contributed by atoms with Crippen LogP contribution in [0.5, 0.6) is 0 Å². The van der Waals surface area contributed by atoms with Gasteiger partial charge in [0.2, 0.25) is 0 Å². The fourth-order valence-electron chi connectivity index (χ4n) is 7.98. The first-order valence-corrected chi connectivity index (χ1v) is 19.0. The highest BCUT2D eigenvalue weighted by molar-refractivity contribution is 7.32. The predicted octanol–water partition coefficient (Wildman–Crippen LogP) is 11.9. The second-order valence-electron chi connectivity index (χ2n) is 13.7. The standard InChI is InChI=1S/C49H37BN2S/c1-34-17-15-18-35(2)45(34)41-32-51-52(33-41)42-28-16-27-40(31-42)43-29-30-44(53-43)50-48(38-23-11-5-12-24-38)46(36-19-7-3-8-20-36)47(37-21-9-4-10-22-37)49(50)39-25-13-6-14-26-39/h3-33H,1-2H3. The zero-order chi connectivity index (χ0) is 35.7. The molecule has 0 fully saturated rings. The zero-order valence-corrected chi connectivity index (χ0v) is 30.6. The highest BCUT2D eigenvalue weighted by atomic mass is 32.1. The van der Waals surface area contributed by atoms with E-state index in [1.807, 2.05) is 22.2 Å². The molecule has 3 heterocycles. The van der Waals surface area contributed by atoms with E-state index in [2.05, 4.69) is 196 Å². The molecule has 2 aromatic heterocycles. The van der Waals surface area contributed by atoms with Crippen molar-refractivity contribution in [2.24, 2.45) is 0 Å². The molecule has 0 N–H and O–H groups in total. The molecular formula is C49H37BN2S. The van der Waals surface area contributed by atoms with Gasteiger partial charge in [0.1, 0.15) is 0 Å². The lowest BCUT2D eigenvalue weighted by molar-refractivity contribution is 0.881. The Morgan fingerprint density at radius 1 is 0.472 bits per heavy atom. The highest BCUT2D eigenvalue weighted by Crippen LogP contribution is 2.51. The second-order valence-corrected chi connectivity index (χ2v) is 14.8. The summed E-state index contributed by atoms with van der Waals surface area (Å²) >= 11 is 1.89. The number of aromatic nitrogens is 2. The summed E-state index contributed by atoms with van der Waals surface area (Å²) in [5.41, 5.74) is 17.3. The number of hydrogen-bond acceptors (Lipinski definition) is 2. The van der Waals surface area contributed by atoms with Crippen molar-refractivity contribution in [1.29, 1.82) is 0 Å². The quantitative estimate of drug-likeness (QED) is 0.145.